The second kappa shape index (κ2) is 53.4. The van der Waals surface area contributed by atoms with Crippen molar-refractivity contribution in [1.82, 2.24) is 0 Å². The van der Waals surface area contributed by atoms with E-state index in [9.17, 15) is 26.3 Å². The minimum atomic E-state index is -0.700. The van der Waals surface area contributed by atoms with E-state index in [1.807, 2.05) is 58.9 Å². The molecule has 5 aromatic carbocycles. The average molecular weight is 985 g/mol. The molecule has 0 atom stereocenters. The lowest BCUT2D eigenvalue weighted by atomic mass is 9.94. The van der Waals surface area contributed by atoms with E-state index >= 15 is 0 Å². The van der Waals surface area contributed by atoms with Crippen molar-refractivity contribution in [2.24, 2.45) is 0 Å². The van der Waals surface area contributed by atoms with Gasteiger partial charge in [0.2, 0.25) is 0 Å². The number of nitrogens with zero attached hydrogens (tertiary/aromatic N) is 6. The molecule has 0 heterocycles. The Balaban J connectivity index is -0.0000000546. The molecule has 5 rings (SSSR count). The van der Waals surface area contributed by atoms with Crippen LogP contribution in [0, 0.1) is 74.2 Å². The standard InChI is InChI=1S/C17H20F2.C16H18F2.C12H16F2.12CH4.3N2/c1-4-6-12-8-9-13-10-14(7-5-2)16(18)17(19)15(13)11(12)3;1-3-5-11-7-8-12-10-13(6-4-2)15(17)16(18)14(12)9-11;1-3-5-9-7-8-10(6-4-2)12(14)11(9)13;;;;;;;;;;;;;3*1-2/h8-10H,4-7H2,1-3H3;7-10H,3-6H2,1-2H3;7-8H,3-6H2,1-2H3;12*1H4;;;. The fourth-order valence-corrected chi connectivity index (χ4v) is 6.56. The topological polar surface area (TPSA) is 143 Å². The minimum absolute atomic E-state index is 0. The number of fused-ring (bicyclic) bond motifs is 2. The van der Waals surface area contributed by atoms with Crippen molar-refractivity contribution < 1.29 is 26.3 Å². The van der Waals surface area contributed by atoms with Crippen molar-refractivity contribution in [3.63, 3.8) is 0 Å². The van der Waals surface area contributed by atoms with E-state index < -0.39 is 34.9 Å². The zero-order valence-electron chi connectivity index (χ0n) is 34.1. The molecule has 0 aromatic heterocycles. The highest BCUT2D eigenvalue weighted by molar-refractivity contribution is 5.88. The van der Waals surface area contributed by atoms with Crippen LogP contribution in [-0.4, -0.2) is 0 Å². The SMILES string of the molecule is C.C.C.C.C.C.C.C.C.C.C.C.CCCc1cc2ccc(CCC)c(C)c2c(F)c1F.CCCc1ccc(CCC)c(F)c1F.CCCc1ccc2cc(CCC)c(F)c(F)c2c1.N#N.N#N.N#N. The lowest BCUT2D eigenvalue weighted by Crippen LogP contribution is -1.99. The van der Waals surface area contributed by atoms with Crippen LogP contribution in [0.5, 0.6) is 0 Å². The fraction of sp³-hybridized carbons (Fsp3) is 0.544. The molecular formula is C57H102F6N6. The van der Waals surface area contributed by atoms with Crippen LogP contribution in [-0.2, 0) is 38.5 Å². The summed E-state index contributed by atoms with van der Waals surface area (Å²) in [4.78, 5) is 0. The molecular weight excluding hydrogens is 883 g/mol. The summed E-state index contributed by atoms with van der Waals surface area (Å²) >= 11 is 0. The summed E-state index contributed by atoms with van der Waals surface area (Å²) in [5.74, 6) is -4.05. The van der Waals surface area contributed by atoms with Crippen molar-refractivity contribution in [1.29, 1.82) is 32.4 Å². The number of hydrogen-bond acceptors (Lipinski definition) is 6. The molecule has 6 nitrogen and oxygen atoms in total. The molecule has 0 unspecified atom stereocenters. The van der Waals surface area contributed by atoms with Gasteiger partial charge in [0.15, 0.2) is 34.9 Å². The predicted octanol–water partition coefficient (Wildman–Crippen LogP) is 21.9. The van der Waals surface area contributed by atoms with Gasteiger partial charge in [-0.25, -0.2) is 26.3 Å². The maximum Gasteiger partial charge on any atom is 0.167 e. The smallest absolute Gasteiger partial charge is 0.167 e. The van der Waals surface area contributed by atoms with E-state index in [1.54, 1.807) is 30.3 Å². The van der Waals surface area contributed by atoms with Gasteiger partial charge < -0.3 is 0 Å². The van der Waals surface area contributed by atoms with Crippen molar-refractivity contribution in [2.75, 3.05) is 0 Å². The summed E-state index contributed by atoms with van der Waals surface area (Å²) in [7, 11) is 0. The molecule has 0 spiro atoms. The third-order valence-corrected chi connectivity index (χ3v) is 9.17. The van der Waals surface area contributed by atoms with E-state index in [4.69, 9.17) is 32.4 Å². The summed E-state index contributed by atoms with van der Waals surface area (Å²) in [6, 6.07) is 16.6. The van der Waals surface area contributed by atoms with Gasteiger partial charge in [-0.1, -0.05) is 206 Å². The zero-order valence-corrected chi connectivity index (χ0v) is 34.1. The number of rotatable bonds is 12. The number of hydrogen-bond donors (Lipinski definition) is 0. The van der Waals surface area contributed by atoms with Crippen molar-refractivity contribution in [3.8, 4) is 0 Å². The highest BCUT2D eigenvalue weighted by Crippen LogP contribution is 2.30. The van der Waals surface area contributed by atoms with Gasteiger partial charge in [0.05, 0.1) is 0 Å². The Hall–Kier alpha value is -5.54. The van der Waals surface area contributed by atoms with E-state index in [0.717, 1.165) is 78.8 Å². The third-order valence-electron chi connectivity index (χ3n) is 9.17. The van der Waals surface area contributed by atoms with Gasteiger partial charge in [0, 0.05) is 43.1 Å². The van der Waals surface area contributed by atoms with Crippen LogP contribution in [0.1, 0.15) is 208 Å². The van der Waals surface area contributed by atoms with E-state index in [-0.39, 0.29) is 89.1 Å². The molecule has 0 radical (unpaired) electrons. The van der Waals surface area contributed by atoms with Gasteiger partial charge in [0.1, 0.15) is 0 Å². The maximum absolute atomic E-state index is 14.3. The summed E-state index contributed by atoms with van der Waals surface area (Å²) < 4.78 is 83.0. The number of halogens is 6. The van der Waals surface area contributed by atoms with Crippen LogP contribution in [0.25, 0.3) is 21.5 Å². The zero-order chi connectivity index (χ0) is 43.7. The van der Waals surface area contributed by atoms with Crippen molar-refractivity contribution >= 4 is 21.5 Å². The van der Waals surface area contributed by atoms with Gasteiger partial charge in [0.25, 0.3) is 0 Å². The fourth-order valence-electron chi connectivity index (χ4n) is 6.56. The van der Waals surface area contributed by atoms with Crippen molar-refractivity contribution in [2.45, 2.75) is 215 Å². The van der Waals surface area contributed by atoms with E-state index in [1.165, 1.54) is 0 Å². The quantitative estimate of drug-likeness (QED) is 0.0899. The number of benzene rings is 5. The lowest BCUT2D eigenvalue weighted by molar-refractivity contribution is 0.488. The average Bonchev–Trinajstić information content (AvgIpc) is 3.23. The van der Waals surface area contributed by atoms with E-state index in [2.05, 4.69) is 13.8 Å². The first-order valence-electron chi connectivity index (χ1n) is 19.3. The molecule has 0 aliphatic rings. The minimum Gasteiger partial charge on any atom is -0.203 e. The molecule has 0 saturated carbocycles. The maximum atomic E-state index is 14.3. The predicted molar refractivity (Wildman–Crippen MR) is 294 cm³/mol. The highest BCUT2D eigenvalue weighted by atomic mass is 19.2. The third kappa shape index (κ3) is 27.3. The van der Waals surface area contributed by atoms with Gasteiger partial charge in [-0.3, -0.25) is 0 Å². The second-order valence-electron chi connectivity index (χ2n) is 13.3. The van der Waals surface area contributed by atoms with Crippen LogP contribution in [0.2, 0.25) is 0 Å². The normalized spacial score (nSPS) is 8.22. The Morgan fingerprint density at radius 1 is 0.319 bits per heavy atom. The molecule has 12 heteroatoms. The second-order valence-corrected chi connectivity index (χ2v) is 13.3. The van der Waals surface area contributed by atoms with Gasteiger partial charge in [-0.15, -0.1) is 0 Å². The van der Waals surface area contributed by atoms with Crippen molar-refractivity contribution in [3.05, 3.63) is 128 Å². The summed E-state index contributed by atoms with van der Waals surface area (Å²) in [5.41, 5.74) is 4.98. The lowest BCUT2D eigenvalue weighted by Gasteiger charge is -2.12. The van der Waals surface area contributed by atoms with Crippen LogP contribution < -0.4 is 0 Å². The Morgan fingerprint density at radius 3 is 0.986 bits per heavy atom. The van der Waals surface area contributed by atoms with Crippen LogP contribution >= 0.6 is 0 Å². The molecule has 0 bridgehead atoms. The van der Waals surface area contributed by atoms with Gasteiger partial charge in [-0.2, -0.15) is 0 Å². The van der Waals surface area contributed by atoms with Crippen LogP contribution in [0.15, 0.2) is 54.6 Å². The summed E-state index contributed by atoms with van der Waals surface area (Å²) in [5, 5.41) is 38.4. The molecule has 0 aliphatic carbocycles. The van der Waals surface area contributed by atoms with E-state index in [0.29, 0.717) is 58.7 Å². The Labute approximate surface area is 422 Å². The van der Waals surface area contributed by atoms with Crippen LogP contribution in [0.4, 0.5) is 26.3 Å². The summed E-state index contributed by atoms with van der Waals surface area (Å²) in [6.07, 6.45) is 9.48. The molecule has 0 fully saturated rings. The Bertz CT molecular complexity index is 2020. The highest BCUT2D eigenvalue weighted by Gasteiger charge is 2.17. The first-order chi connectivity index (χ1) is 27.5. The molecule has 0 amide bonds. The molecule has 0 saturated heterocycles. The largest absolute Gasteiger partial charge is 0.203 e. The molecule has 69 heavy (non-hydrogen) atoms. The van der Waals surface area contributed by atoms with Gasteiger partial charge in [-0.05, 0) is 113 Å². The molecule has 0 aliphatic heterocycles. The first-order valence-corrected chi connectivity index (χ1v) is 19.3. The van der Waals surface area contributed by atoms with Gasteiger partial charge >= 0.3 is 0 Å². The Kier molecular flexibility index (Phi) is 75.3. The van der Waals surface area contributed by atoms with Crippen LogP contribution in [0.3, 0.4) is 0 Å². The Morgan fingerprint density at radius 2 is 0.609 bits per heavy atom. The monoisotopic (exact) mass is 985 g/mol. The molecule has 5 aromatic rings. The number of aryl methyl sites for hydroxylation is 7. The summed E-state index contributed by atoms with van der Waals surface area (Å²) in [6.45, 7) is 13.9. The first kappa shape index (κ1) is 97.2. The molecule has 402 valence electrons. The molecule has 0 N–H and O–H groups in total.